The highest BCUT2D eigenvalue weighted by molar-refractivity contribution is 5.31. The van der Waals surface area contributed by atoms with Gasteiger partial charge in [-0.05, 0) is 32.1 Å². The van der Waals surface area contributed by atoms with Crippen LogP contribution in [0.4, 0.5) is 5.82 Å². The molecule has 0 aromatic carbocycles. The summed E-state index contributed by atoms with van der Waals surface area (Å²) in [7, 11) is 0. The highest BCUT2D eigenvalue weighted by Crippen LogP contribution is 2.25. The SMILES string of the molecule is CC(CNc1nccn(C(C)(C)C)c1=O)C(C)(C)C. The zero-order valence-corrected chi connectivity index (χ0v) is 13.2. The quantitative estimate of drug-likeness (QED) is 0.913. The minimum Gasteiger partial charge on any atom is -0.365 e. The molecule has 1 atom stereocenters. The number of anilines is 1. The number of nitrogens with zero attached hydrogens (tertiary/aromatic N) is 2. The molecule has 0 saturated heterocycles. The molecule has 0 spiro atoms. The van der Waals surface area contributed by atoms with E-state index in [2.05, 4.69) is 38.0 Å². The van der Waals surface area contributed by atoms with Gasteiger partial charge in [0.2, 0.25) is 0 Å². The lowest BCUT2D eigenvalue weighted by molar-refractivity contribution is 0.274. The van der Waals surface area contributed by atoms with Crippen LogP contribution in [0, 0.1) is 11.3 Å². The highest BCUT2D eigenvalue weighted by atomic mass is 16.1. The average molecular weight is 265 g/mol. The lowest BCUT2D eigenvalue weighted by atomic mass is 9.82. The van der Waals surface area contributed by atoms with Crippen LogP contribution in [0.5, 0.6) is 0 Å². The normalized spacial score (nSPS) is 14.3. The predicted octanol–water partition coefficient (Wildman–Crippen LogP) is 3.09. The third kappa shape index (κ3) is 4.08. The van der Waals surface area contributed by atoms with E-state index < -0.39 is 0 Å². The standard InChI is InChI=1S/C15H27N3O/c1-11(14(2,3)4)10-17-12-13(19)18(9-8-16-12)15(5,6)7/h8-9,11H,10H2,1-7H3,(H,16,17). The van der Waals surface area contributed by atoms with Gasteiger partial charge in [0.25, 0.3) is 5.56 Å². The Morgan fingerprint density at radius 2 is 1.84 bits per heavy atom. The van der Waals surface area contributed by atoms with Gasteiger partial charge in [0.15, 0.2) is 5.82 Å². The molecular weight excluding hydrogens is 238 g/mol. The van der Waals surface area contributed by atoms with Crippen LogP contribution < -0.4 is 10.9 Å². The van der Waals surface area contributed by atoms with Crippen LogP contribution in [0.3, 0.4) is 0 Å². The fraction of sp³-hybridized carbons (Fsp3) is 0.733. The van der Waals surface area contributed by atoms with Crippen molar-refractivity contribution in [2.24, 2.45) is 11.3 Å². The largest absolute Gasteiger partial charge is 0.365 e. The van der Waals surface area contributed by atoms with Crippen LogP contribution in [-0.4, -0.2) is 16.1 Å². The first kappa shape index (κ1) is 15.7. The fourth-order valence-corrected chi connectivity index (χ4v) is 1.62. The summed E-state index contributed by atoms with van der Waals surface area (Å²) < 4.78 is 1.71. The van der Waals surface area contributed by atoms with Gasteiger partial charge in [0.1, 0.15) is 0 Å². The van der Waals surface area contributed by atoms with Crippen LogP contribution in [0.25, 0.3) is 0 Å². The molecule has 0 aliphatic rings. The molecule has 1 aromatic rings. The van der Waals surface area contributed by atoms with Crippen LogP contribution >= 0.6 is 0 Å². The molecule has 1 rings (SSSR count). The van der Waals surface area contributed by atoms with Crippen molar-refractivity contribution >= 4 is 5.82 Å². The Kier molecular flexibility index (Phi) is 4.43. The second-order valence-electron chi connectivity index (χ2n) is 7.27. The summed E-state index contributed by atoms with van der Waals surface area (Å²) in [4.78, 5) is 16.5. The van der Waals surface area contributed by atoms with Crippen LogP contribution in [0.1, 0.15) is 48.5 Å². The van der Waals surface area contributed by atoms with Gasteiger partial charge < -0.3 is 9.88 Å². The molecule has 4 heteroatoms. The van der Waals surface area contributed by atoms with Gasteiger partial charge in [-0.2, -0.15) is 0 Å². The van der Waals surface area contributed by atoms with Gasteiger partial charge in [0.05, 0.1) is 0 Å². The van der Waals surface area contributed by atoms with Gasteiger partial charge in [-0.15, -0.1) is 0 Å². The lowest BCUT2D eigenvalue weighted by Crippen LogP contribution is -2.36. The molecule has 1 unspecified atom stereocenters. The zero-order chi connectivity index (χ0) is 14.8. The molecule has 0 amide bonds. The lowest BCUT2D eigenvalue weighted by Gasteiger charge is -2.28. The first-order valence-electron chi connectivity index (χ1n) is 6.85. The number of aromatic nitrogens is 2. The van der Waals surface area contributed by atoms with E-state index in [9.17, 15) is 4.79 Å². The fourth-order valence-electron chi connectivity index (χ4n) is 1.62. The molecule has 108 valence electrons. The second kappa shape index (κ2) is 5.35. The van der Waals surface area contributed by atoms with Crippen LogP contribution in [0.2, 0.25) is 0 Å². The molecule has 19 heavy (non-hydrogen) atoms. The Labute approximate surface area is 116 Å². The summed E-state index contributed by atoms with van der Waals surface area (Å²) in [6.07, 6.45) is 3.41. The summed E-state index contributed by atoms with van der Waals surface area (Å²) in [5.41, 5.74) is -0.0761. The highest BCUT2D eigenvalue weighted by Gasteiger charge is 2.21. The maximum atomic E-state index is 12.3. The van der Waals surface area contributed by atoms with E-state index >= 15 is 0 Å². The number of hydrogen-bond donors (Lipinski definition) is 1. The van der Waals surface area contributed by atoms with Crippen LogP contribution in [0.15, 0.2) is 17.2 Å². The van der Waals surface area contributed by atoms with Gasteiger partial charge in [-0.1, -0.05) is 27.7 Å². The Morgan fingerprint density at radius 1 is 1.26 bits per heavy atom. The van der Waals surface area contributed by atoms with Gasteiger partial charge in [0, 0.05) is 24.5 Å². The summed E-state index contributed by atoms with van der Waals surface area (Å²) in [5, 5.41) is 3.19. The Bertz CT molecular complexity index is 477. The molecular formula is C15H27N3O. The van der Waals surface area contributed by atoms with Crippen molar-refractivity contribution < 1.29 is 0 Å². The Balaban J connectivity index is 2.90. The molecule has 0 bridgehead atoms. The summed E-state index contributed by atoms with van der Waals surface area (Å²) in [5.74, 6) is 0.894. The molecule has 1 heterocycles. The van der Waals surface area contributed by atoms with Crippen molar-refractivity contribution in [1.29, 1.82) is 0 Å². The van der Waals surface area contributed by atoms with Crippen molar-refractivity contribution in [2.75, 3.05) is 11.9 Å². The Morgan fingerprint density at radius 3 is 2.32 bits per heavy atom. The van der Waals surface area contributed by atoms with Crippen molar-refractivity contribution in [1.82, 2.24) is 9.55 Å². The monoisotopic (exact) mass is 265 g/mol. The zero-order valence-electron chi connectivity index (χ0n) is 13.2. The third-order valence-corrected chi connectivity index (χ3v) is 3.62. The number of rotatable bonds is 3. The first-order chi connectivity index (χ1) is 8.53. The molecule has 0 aliphatic heterocycles. The van der Waals surface area contributed by atoms with E-state index in [0.717, 1.165) is 6.54 Å². The van der Waals surface area contributed by atoms with Crippen molar-refractivity contribution in [3.63, 3.8) is 0 Å². The summed E-state index contributed by atoms with van der Waals surface area (Å²) in [6.45, 7) is 15.6. The number of nitrogens with one attached hydrogen (secondary N) is 1. The van der Waals surface area contributed by atoms with E-state index in [-0.39, 0.29) is 16.5 Å². The van der Waals surface area contributed by atoms with Gasteiger partial charge >= 0.3 is 0 Å². The maximum absolute atomic E-state index is 12.3. The number of hydrogen-bond acceptors (Lipinski definition) is 3. The summed E-state index contributed by atoms with van der Waals surface area (Å²) >= 11 is 0. The maximum Gasteiger partial charge on any atom is 0.293 e. The van der Waals surface area contributed by atoms with Crippen molar-refractivity contribution in [3.05, 3.63) is 22.7 Å². The van der Waals surface area contributed by atoms with E-state index in [1.807, 2.05) is 20.8 Å². The van der Waals surface area contributed by atoms with E-state index in [1.165, 1.54) is 0 Å². The predicted molar refractivity (Wildman–Crippen MR) is 80.6 cm³/mol. The van der Waals surface area contributed by atoms with Crippen molar-refractivity contribution in [2.45, 2.75) is 54.0 Å². The van der Waals surface area contributed by atoms with Crippen LogP contribution in [-0.2, 0) is 5.54 Å². The van der Waals surface area contributed by atoms with E-state index in [0.29, 0.717) is 11.7 Å². The third-order valence-electron chi connectivity index (χ3n) is 3.62. The molecule has 0 fully saturated rings. The minimum absolute atomic E-state index is 0.0592. The molecule has 0 radical (unpaired) electrons. The Hall–Kier alpha value is -1.32. The van der Waals surface area contributed by atoms with E-state index in [1.54, 1.807) is 17.0 Å². The smallest absolute Gasteiger partial charge is 0.293 e. The topological polar surface area (TPSA) is 46.9 Å². The first-order valence-corrected chi connectivity index (χ1v) is 6.85. The minimum atomic E-state index is -0.230. The molecule has 1 N–H and O–H groups in total. The molecule has 0 aliphatic carbocycles. The molecule has 0 saturated carbocycles. The summed E-state index contributed by atoms with van der Waals surface area (Å²) in [6, 6.07) is 0. The van der Waals surface area contributed by atoms with Gasteiger partial charge in [-0.25, -0.2) is 4.98 Å². The second-order valence-corrected chi connectivity index (χ2v) is 7.27. The van der Waals surface area contributed by atoms with E-state index in [4.69, 9.17) is 0 Å². The van der Waals surface area contributed by atoms with Crippen molar-refractivity contribution in [3.8, 4) is 0 Å². The van der Waals surface area contributed by atoms with Gasteiger partial charge in [-0.3, -0.25) is 4.79 Å². The molecule has 1 aromatic heterocycles. The average Bonchev–Trinajstić information content (AvgIpc) is 2.24. The molecule has 4 nitrogen and oxygen atoms in total.